The first-order valence-electron chi connectivity index (χ1n) is 5.05. The van der Waals surface area contributed by atoms with Crippen molar-refractivity contribution < 1.29 is 0 Å². The van der Waals surface area contributed by atoms with Gasteiger partial charge in [0.1, 0.15) is 0 Å². The molecule has 5 heteroatoms. The van der Waals surface area contributed by atoms with Crippen LogP contribution in [0.3, 0.4) is 0 Å². The molecule has 2 aromatic rings. The number of rotatable bonds is 4. The fourth-order valence-electron chi connectivity index (χ4n) is 1.25. The lowest BCUT2D eigenvalue weighted by atomic mass is 10.4. The van der Waals surface area contributed by atoms with Gasteiger partial charge in [0, 0.05) is 22.2 Å². The normalized spacial score (nSPS) is 10.6. The summed E-state index contributed by atoms with van der Waals surface area (Å²) in [5, 5.41) is 3.31. The largest absolute Gasteiger partial charge is 0.397 e. The number of thioether (sulfide) groups is 1. The van der Waals surface area contributed by atoms with Crippen LogP contribution in [0.25, 0.3) is 0 Å². The van der Waals surface area contributed by atoms with Crippen LogP contribution in [0, 0.1) is 0 Å². The van der Waals surface area contributed by atoms with Gasteiger partial charge in [0.2, 0.25) is 0 Å². The predicted molar refractivity (Wildman–Crippen MR) is 69.7 cm³/mol. The highest BCUT2D eigenvalue weighted by Crippen LogP contribution is 2.27. The molecule has 2 N–H and O–H groups in total. The maximum absolute atomic E-state index is 5.81. The number of aromatic nitrogens is 2. The highest BCUT2D eigenvalue weighted by molar-refractivity contribution is 7.98. The summed E-state index contributed by atoms with van der Waals surface area (Å²) in [4.78, 5) is 9.55. The second-order valence-electron chi connectivity index (χ2n) is 3.29. The summed E-state index contributed by atoms with van der Waals surface area (Å²) >= 11 is 3.42. The number of pyridine rings is 1. The van der Waals surface area contributed by atoms with Crippen LogP contribution >= 0.6 is 23.1 Å². The average molecular weight is 251 g/mol. The molecule has 0 unspecified atom stereocenters. The highest BCUT2D eigenvalue weighted by Gasteiger charge is 2.03. The molecule has 0 radical (unpaired) electrons. The van der Waals surface area contributed by atoms with Gasteiger partial charge in [0.25, 0.3) is 0 Å². The van der Waals surface area contributed by atoms with Crippen molar-refractivity contribution in [2.24, 2.45) is 0 Å². The Labute approximate surface area is 103 Å². The van der Waals surface area contributed by atoms with Crippen molar-refractivity contribution in [2.45, 2.75) is 24.0 Å². The summed E-state index contributed by atoms with van der Waals surface area (Å²) in [7, 11) is 0. The molecule has 2 rings (SSSR count). The van der Waals surface area contributed by atoms with Crippen LogP contribution in [0.5, 0.6) is 0 Å². The molecule has 84 valence electrons. The van der Waals surface area contributed by atoms with Gasteiger partial charge in [-0.15, -0.1) is 23.1 Å². The molecule has 0 aliphatic carbocycles. The zero-order valence-corrected chi connectivity index (χ0v) is 10.6. The van der Waals surface area contributed by atoms with Crippen LogP contribution in [0.4, 0.5) is 5.69 Å². The van der Waals surface area contributed by atoms with E-state index in [-0.39, 0.29) is 0 Å². The second-order valence-corrected chi connectivity index (χ2v) is 5.25. The van der Waals surface area contributed by atoms with E-state index in [4.69, 9.17) is 5.73 Å². The lowest BCUT2D eigenvalue weighted by molar-refractivity contribution is 1.06. The van der Waals surface area contributed by atoms with Crippen molar-refractivity contribution >= 4 is 28.8 Å². The van der Waals surface area contributed by atoms with Crippen molar-refractivity contribution in [3.63, 3.8) is 0 Å². The van der Waals surface area contributed by atoms with E-state index < -0.39 is 0 Å². The number of nitrogens with zero attached hydrogens (tertiary/aromatic N) is 2. The van der Waals surface area contributed by atoms with Gasteiger partial charge in [-0.1, -0.05) is 6.92 Å². The third kappa shape index (κ3) is 2.74. The smallest absolute Gasteiger partial charge is 0.0925 e. The standard InChI is InChI=1S/C11H13N3S2/c1-2-11-14-8(7-16-11)6-15-10-3-4-13-5-9(10)12/h3-5,7H,2,6,12H2,1H3. The Kier molecular flexibility index (Phi) is 3.79. The Morgan fingerprint density at radius 1 is 1.50 bits per heavy atom. The third-order valence-electron chi connectivity index (χ3n) is 2.09. The molecule has 0 aromatic carbocycles. The second kappa shape index (κ2) is 5.32. The van der Waals surface area contributed by atoms with Crippen molar-refractivity contribution in [3.05, 3.63) is 34.5 Å². The summed E-state index contributed by atoms with van der Waals surface area (Å²) < 4.78 is 0. The molecule has 0 fully saturated rings. The van der Waals surface area contributed by atoms with Gasteiger partial charge in [-0.05, 0) is 12.5 Å². The van der Waals surface area contributed by atoms with Crippen LogP contribution in [0.15, 0.2) is 28.7 Å². The molecule has 2 aromatic heterocycles. The molecule has 16 heavy (non-hydrogen) atoms. The predicted octanol–water partition coefficient (Wildman–Crippen LogP) is 2.98. The first kappa shape index (κ1) is 11.4. The van der Waals surface area contributed by atoms with Crippen LogP contribution in [0.1, 0.15) is 17.6 Å². The Morgan fingerprint density at radius 2 is 2.38 bits per heavy atom. The third-order valence-corrected chi connectivity index (χ3v) is 4.25. The number of hydrogen-bond donors (Lipinski definition) is 1. The Balaban J connectivity index is 1.99. The Morgan fingerprint density at radius 3 is 3.06 bits per heavy atom. The molecule has 0 atom stereocenters. The van der Waals surface area contributed by atoms with Crippen molar-refractivity contribution in [2.75, 3.05) is 5.73 Å². The van der Waals surface area contributed by atoms with E-state index in [0.717, 1.165) is 28.5 Å². The number of nitrogen functional groups attached to an aromatic ring is 1. The van der Waals surface area contributed by atoms with Gasteiger partial charge in [-0.2, -0.15) is 0 Å². The van der Waals surface area contributed by atoms with Crippen LogP contribution in [0.2, 0.25) is 0 Å². The molecule has 0 saturated heterocycles. The van der Waals surface area contributed by atoms with E-state index in [9.17, 15) is 0 Å². The molecule has 0 aliphatic heterocycles. The lowest BCUT2D eigenvalue weighted by Gasteiger charge is -2.02. The molecule has 0 amide bonds. The van der Waals surface area contributed by atoms with Gasteiger partial charge in [-0.25, -0.2) is 4.98 Å². The summed E-state index contributed by atoms with van der Waals surface area (Å²) in [6.07, 6.45) is 4.45. The minimum absolute atomic E-state index is 0.735. The molecular weight excluding hydrogens is 238 g/mol. The maximum atomic E-state index is 5.81. The van der Waals surface area contributed by atoms with Gasteiger partial charge >= 0.3 is 0 Å². The monoisotopic (exact) mass is 251 g/mol. The highest BCUT2D eigenvalue weighted by atomic mass is 32.2. The van der Waals surface area contributed by atoms with E-state index in [0.29, 0.717) is 0 Å². The molecule has 0 saturated carbocycles. The number of aryl methyl sites for hydroxylation is 1. The van der Waals surface area contributed by atoms with Crippen LogP contribution in [-0.2, 0) is 12.2 Å². The van der Waals surface area contributed by atoms with Crippen LogP contribution in [-0.4, -0.2) is 9.97 Å². The van der Waals surface area contributed by atoms with Crippen molar-refractivity contribution in [3.8, 4) is 0 Å². The molecule has 3 nitrogen and oxygen atoms in total. The minimum Gasteiger partial charge on any atom is -0.397 e. The molecule has 0 bridgehead atoms. The zero-order valence-electron chi connectivity index (χ0n) is 9.01. The molecule has 2 heterocycles. The summed E-state index contributed by atoms with van der Waals surface area (Å²) in [5.41, 5.74) is 7.68. The number of hydrogen-bond acceptors (Lipinski definition) is 5. The van der Waals surface area contributed by atoms with Crippen molar-refractivity contribution in [1.82, 2.24) is 9.97 Å². The lowest BCUT2D eigenvalue weighted by Crippen LogP contribution is -1.90. The number of thiazole rings is 1. The van der Waals surface area contributed by atoms with Crippen molar-refractivity contribution in [1.29, 1.82) is 0 Å². The fourth-order valence-corrected chi connectivity index (χ4v) is 2.93. The van der Waals surface area contributed by atoms with E-state index in [1.54, 1.807) is 35.5 Å². The molecule has 0 aliphatic rings. The van der Waals surface area contributed by atoms with E-state index in [1.165, 1.54) is 5.01 Å². The van der Waals surface area contributed by atoms with Gasteiger partial charge in [-0.3, -0.25) is 4.98 Å². The van der Waals surface area contributed by atoms with Gasteiger partial charge < -0.3 is 5.73 Å². The Bertz CT molecular complexity index is 468. The topological polar surface area (TPSA) is 51.8 Å². The first-order valence-corrected chi connectivity index (χ1v) is 6.91. The SMILES string of the molecule is CCc1nc(CSc2ccncc2N)cs1. The quantitative estimate of drug-likeness (QED) is 0.849. The average Bonchev–Trinajstić information content (AvgIpc) is 2.76. The first-order chi connectivity index (χ1) is 7.79. The van der Waals surface area contributed by atoms with E-state index in [1.807, 2.05) is 6.07 Å². The molecule has 0 spiro atoms. The maximum Gasteiger partial charge on any atom is 0.0925 e. The Hall–Kier alpha value is -1.07. The van der Waals surface area contributed by atoms with Gasteiger partial charge in [0.15, 0.2) is 0 Å². The number of nitrogens with two attached hydrogens (primary N) is 1. The van der Waals surface area contributed by atoms with E-state index in [2.05, 4.69) is 22.3 Å². The van der Waals surface area contributed by atoms with Gasteiger partial charge in [0.05, 0.1) is 22.6 Å². The van der Waals surface area contributed by atoms with E-state index >= 15 is 0 Å². The summed E-state index contributed by atoms with van der Waals surface area (Å²) in [5.74, 6) is 0.866. The zero-order chi connectivity index (χ0) is 11.4. The minimum atomic E-state index is 0.735. The summed E-state index contributed by atoms with van der Waals surface area (Å²) in [6.45, 7) is 2.12. The fraction of sp³-hybridized carbons (Fsp3) is 0.273. The van der Waals surface area contributed by atoms with Crippen LogP contribution < -0.4 is 5.73 Å². The summed E-state index contributed by atoms with van der Waals surface area (Å²) in [6, 6.07) is 1.94. The number of anilines is 1. The molecular formula is C11H13N3S2.